The van der Waals surface area contributed by atoms with Crippen LogP contribution in [0.25, 0.3) is 0 Å². The molecule has 116 valence electrons. The van der Waals surface area contributed by atoms with E-state index < -0.39 is 0 Å². The summed E-state index contributed by atoms with van der Waals surface area (Å²) in [6.45, 7) is 4.49. The second-order valence-electron chi connectivity index (χ2n) is 5.41. The number of amides is 1. The Hall–Kier alpha value is -1.62. The molecule has 0 spiro atoms. The zero-order valence-electron chi connectivity index (χ0n) is 12.7. The molecule has 4 nitrogen and oxygen atoms in total. The molecule has 1 aromatic rings. The highest BCUT2D eigenvalue weighted by Gasteiger charge is 2.19. The van der Waals surface area contributed by atoms with E-state index in [9.17, 15) is 9.18 Å². The molecule has 1 saturated heterocycles. The number of carbonyl (C=O) groups excluding carboxylic acids is 1. The van der Waals surface area contributed by atoms with Crippen LogP contribution in [0.3, 0.4) is 0 Å². The zero-order chi connectivity index (χ0) is 15.2. The van der Waals surface area contributed by atoms with E-state index in [1.807, 2.05) is 17.9 Å². The summed E-state index contributed by atoms with van der Waals surface area (Å²) in [5.41, 5.74) is 0.894. The fourth-order valence-corrected chi connectivity index (χ4v) is 2.60. The molecule has 1 fully saturated rings. The number of methoxy groups -OCH3 is 1. The number of hydrogen-bond acceptors (Lipinski definition) is 3. The summed E-state index contributed by atoms with van der Waals surface area (Å²) < 4.78 is 18.6. The highest BCUT2D eigenvalue weighted by molar-refractivity contribution is 5.77. The Morgan fingerprint density at radius 3 is 2.90 bits per heavy atom. The molecule has 1 aromatic carbocycles. The van der Waals surface area contributed by atoms with E-state index in [0.717, 1.165) is 38.0 Å². The van der Waals surface area contributed by atoms with E-state index >= 15 is 0 Å². The smallest absolute Gasteiger partial charge is 0.222 e. The summed E-state index contributed by atoms with van der Waals surface area (Å²) in [5.74, 6) is 0.185. The Kier molecular flexibility index (Phi) is 5.56. The van der Waals surface area contributed by atoms with Crippen LogP contribution in [-0.4, -0.2) is 37.6 Å². The normalized spacial score (nSPS) is 16.3. The maximum Gasteiger partial charge on any atom is 0.222 e. The van der Waals surface area contributed by atoms with Crippen LogP contribution in [0.1, 0.15) is 37.8 Å². The minimum Gasteiger partial charge on any atom is -0.494 e. The molecule has 0 saturated carbocycles. The number of nitrogens with zero attached hydrogens (tertiary/aromatic N) is 1. The van der Waals surface area contributed by atoms with E-state index in [1.54, 1.807) is 6.07 Å². The van der Waals surface area contributed by atoms with E-state index in [1.165, 1.54) is 13.2 Å². The van der Waals surface area contributed by atoms with Crippen molar-refractivity contribution in [1.29, 1.82) is 0 Å². The minimum atomic E-state index is -0.341. The topological polar surface area (TPSA) is 41.6 Å². The predicted octanol–water partition coefficient (Wildman–Crippen LogP) is 2.50. The first-order chi connectivity index (χ1) is 10.1. The van der Waals surface area contributed by atoms with Crippen molar-refractivity contribution in [2.24, 2.45) is 0 Å². The van der Waals surface area contributed by atoms with Gasteiger partial charge in [-0.15, -0.1) is 0 Å². The van der Waals surface area contributed by atoms with Crippen LogP contribution in [0, 0.1) is 5.82 Å². The van der Waals surface area contributed by atoms with Gasteiger partial charge in [-0.1, -0.05) is 6.07 Å². The highest BCUT2D eigenvalue weighted by atomic mass is 19.1. The quantitative estimate of drug-likeness (QED) is 0.786. The molecule has 1 N–H and O–H groups in total. The molecule has 0 unspecified atom stereocenters. The van der Waals surface area contributed by atoms with Crippen LogP contribution in [0.5, 0.6) is 5.75 Å². The van der Waals surface area contributed by atoms with Gasteiger partial charge in [-0.25, -0.2) is 4.39 Å². The zero-order valence-corrected chi connectivity index (χ0v) is 12.7. The SMILES string of the molecule is COc1ccc([C@H](C)NCCCN2CCCC2=O)cc1F. The Bertz CT molecular complexity index is 493. The first-order valence-electron chi connectivity index (χ1n) is 7.46. The summed E-state index contributed by atoms with van der Waals surface area (Å²) in [6.07, 6.45) is 2.58. The van der Waals surface area contributed by atoms with Crippen molar-refractivity contribution in [1.82, 2.24) is 10.2 Å². The number of rotatable bonds is 7. The third-order valence-electron chi connectivity index (χ3n) is 3.90. The number of halogens is 1. The maximum absolute atomic E-state index is 13.6. The second-order valence-corrected chi connectivity index (χ2v) is 5.41. The van der Waals surface area contributed by atoms with Gasteiger partial charge < -0.3 is 15.0 Å². The Morgan fingerprint density at radius 2 is 2.29 bits per heavy atom. The molecule has 21 heavy (non-hydrogen) atoms. The van der Waals surface area contributed by atoms with E-state index in [4.69, 9.17) is 4.74 Å². The molecule has 1 heterocycles. The molecule has 2 rings (SSSR count). The number of ether oxygens (including phenoxy) is 1. The van der Waals surface area contributed by atoms with Crippen molar-refractivity contribution < 1.29 is 13.9 Å². The van der Waals surface area contributed by atoms with Gasteiger partial charge >= 0.3 is 0 Å². The lowest BCUT2D eigenvalue weighted by molar-refractivity contribution is -0.127. The van der Waals surface area contributed by atoms with Crippen LogP contribution in [0.4, 0.5) is 4.39 Å². The third kappa shape index (κ3) is 4.17. The summed E-state index contributed by atoms with van der Waals surface area (Å²) in [5, 5.41) is 3.36. The molecule has 1 aliphatic heterocycles. The first kappa shape index (κ1) is 15.8. The van der Waals surface area contributed by atoms with Crippen molar-refractivity contribution in [2.75, 3.05) is 26.7 Å². The van der Waals surface area contributed by atoms with Crippen molar-refractivity contribution in [3.05, 3.63) is 29.6 Å². The monoisotopic (exact) mass is 294 g/mol. The van der Waals surface area contributed by atoms with Gasteiger partial charge in [0.2, 0.25) is 5.91 Å². The number of likely N-dealkylation sites (tertiary alicyclic amines) is 1. The van der Waals surface area contributed by atoms with E-state index in [2.05, 4.69) is 5.32 Å². The largest absolute Gasteiger partial charge is 0.494 e. The Balaban J connectivity index is 1.75. The molecule has 0 aliphatic carbocycles. The average molecular weight is 294 g/mol. The lowest BCUT2D eigenvalue weighted by atomic mass is 10.1. The van der Waals surface area contributed by atoms with E-state index in [-0.39, 0.29) is 23.5 Å². The average Bonchev–Trinajstić information content (AvgIpc) is 2.88. The van der Waals surface area contributed by atoms with Crippen LogP contribution < -0.4 is 10.1 Å². The number of carbonyl (C=O) groups is 1. The molecule has 5 heteroatoms. The molecule has 1 amide bonds. The number of nitrogens with one attached hydrogen (secondary N) is 1. The Morgan fingerprint density at radius 1 is 1.48 bits per heavy atom. The third-order valence-corrected chi connectivity index (χ3v) is 3.90. The summed E-state index contributed by atoms with van der Waals surface area (Å²) in [6, 6.07) is 5.08. The van der Waals surface area contributed by atoms with E-state index in [0.29, 0.717) is 6.42 Å². The van der Waals surface area contributed by atoms with Gasteiger partial charge in [-0.05, 0) is 44.0 Å². The molecule has 0 bridgehead atoms. The first-order valence-corrected chi connectivity index (χ1v) is 7.46. The van der Waals surface area contributed by atoms with Crippen LogP contribution in [-0.2, 0) is 4.79 Å². The van der Waals surface area contributed by atoms with Crippen molar-refractivity contribution >= 4 is 5.91 Å². The molecular formula is C16H23FN2O2. The fourth-order valence-electron chi connectivity index (χ4n) is 2.60. The van der Waals surface area contributed by atoms with Gasteiger partial charge in [0, 0.05) is 25.6 Å². The summed E-state index contributed by atoms with van der Waals surface area (Å²) in [4.78, 5) is 13.4. The lowest BCUT2D eigenvalue weighted by Crippen LogP contribution is -2.29. The van der Waals surface area contributed by atoms with Crippen LogP contribution >= 0.6 is 0 Å². The molecular weight excluding hydrogens is 271 g/mol. The molecule has 1 atom stereocenters. The van der Waals surface area contributed by atoms with Crippen LogP contribution in [0.2, 0.25) is 0 Å². The maximum atomic E-state index is 13.6. The molecule has 0 aromatic heterocycles. The van der Waals surface area contributed by atoms with Crippen LogP contribution in [0.15, 0.2) is 18.2 Å². The van der Waals surface area contributed by atoms with Crippen molar-refractivity contribution in [3.8, 4) is 5.75 Å². The van der Waals surface area contributed by atoms with Gasteiger partial charge in [-0.3, -0.25) is 4.79 Å². The highest BCUT2D eigenvalue weighted by Crippen LogP contribution is 2.21. The van der Waals surface area contributed by atoms with Crippen molar-refractivity contribution in [3.63, 3.8) is 0 Å². The summed E-state index contributed by atoms with van der Waals surface area (Å²) in [7, 11) is 1.46. The van der Waals surface area contributed by atoms with Gasteiger partial charge in [0.05, 0.1) is 7.11 Å². The summed E-state index contributed by atoms with van der Waals surface area (Å²) >= 11 is 0. The number of hydrogen-bond donors (Lipinski definition) is 1. The van der Waals surface area contributed by atoms with Gasteiger partial charge in [-0.2, -0.15) is 0 Å². The van der Waals surface area contributed by atoms with Crippen molar-refractivity contribution in [2.45, 2.75) is 32.2 Å². The predicted molar refractivity (Wildman–Crippen MR) is 79.8 cm³/mol. The second kappa shape index (κ2) is 7.41. The van der Waals surface area contributed by atoms with Gasteiger partial charge in [0.15, 0.2) is 11.6 Å². The fraction of sp³-hybridized carbons (Fsp3) is 0.562. The minimum absolute atomic E-state index is 0.0692. The molecule has 1 aliphatic rings. The van der Waals surface area contributed by atoms with Gasteiger partial charge in [0.1, 0.15) is 0 Å². The standard InChI is InChI=1S/C16H23FN2O2/c1-12(13-6-7-15(21-2)14(17)11-13)18-8-4-10-19-9-3-5-16(19)20/h6-7,11-12,18H,3-5,8-10H2,1-2H3/t12-/m0/s1. The van der Waals surface area contributed by atoms with Gasteiger partial charge in [0.25, 0.3) is 0 Å². The lowest BCUT2D eigenvalue weighted by Gasteiger charge is -2.18. The molecule has 0 radical (unpaired) electrons. The number of benzene rings is 1. The Labute approximate surface area is 125 Å².